The van der Waals surface area contributed by atoms with Gasteiger partial charge in [-0.2, -0.15) is 10.4 Å². The lowest BCUT2D eigenvalue weighted by Gasteiger charge is -2.01. The molecule has 1 aromatic carbocycles. The molecule has 2 aromatic rings. The zero-order valence-electron chi connectivity index (χ0n) is 8.38. The summed E-state index contributed by atoms with van der Waals surface area (Å²) in [6.07, 6.45) is 1.49. The van der Waals surface area contributed by atoms with Crippen LogP contribution in [0.3, 0.4) is 0 Å². The summed E-state index contributed by atoms with van der Waals surface area (Å²) in [5.41, 5.74) is 0.476. The topological polar surface area (TPSA) is 54.5 Å². The first-order valence-electron chi connectivity index (χ1n) is 4.42. The minimum absolute atomic E-state index is 0.453. The molecule has 0 fully saturated rings. The van der Waals surface area contributed by atoms with Crippen molar-refractivity contribution >= 4 is 23.4 Å². The zero-order chi connectivity index (χ0) is 11.5. The van der Waals surface area contributed by atoms with E-state index in [-0.39, 0.29) is 0 Å². The van der Waals surface area contributed by atoms with Gasteiger partial charge in [-0.25, -0.2) is 9.67 Å². The molecule has 0 aliphatic carbocycles. The molecule has 2 rings (SSSR count). The molecule has 0 atom stereocenters. The molecule has 0 unspecified atom stereocenters. The van der Waals surface area contributed by atoms with E-state index in [0.29, 0.717) is 10.6 Å². The third-order valence-electron chi connectivity index (χ3n) is 1.94. The number of benzene rings is 1. The Morgan fingerprint density at radius 2 is 2.31 bits per heavy atom. The summed E-state index contributed by atoms with van der Waals surface area (Å²) < 4.78 is 1.68. The van der Waals surface area contributed by atoms with E-state index in [2.05, 4.69) is 10.1 Å². The van der Waals surface area contributed by atoms with E-state index in [9.17, 15) is 0 Å². The van der Waals surface area contributed by atoms with Gasteiger partial charge in [0.2, 0.25) is 0 Å². The van der Waals surface area contributed by atoms with E-state index in [0.717, 1.165) is 10.1 Å². The smallest absolute Gasteiger partial charge is 0.190 e. The minimum Gasteiger partial charge on any atom is -0.244 e. The molecule has 4 nitrogen and oxygen atoms in total. The molecule has 6 heteroatoms. The molecule has 0 bridgehead atoms. The Morgan fingerprint density at radius 3 is 2.88 bits per heavy atom. The molecule has 1 aromatic heterocycles. The van der Waals surface area contributed by atoms with Gasteiger partial charge in [0.15, 0.2) is 5.16 Å². The fourth-order valence-corrected chi connectivity index (χ4v) is 2.22. The van der Waals surface area contributed by atoms with Crippen LogP contribution < -0.4 is 0 Å². The van der Waals surface area contributed by atoms with Gasteiger partial charge in [-0.15, -0.1) is 0 Å². The second-order valence-electron chi connectivity index (χ2n) is 3.02. The van der Waals surface area contributed by atoms with Crippen molar-refractivity contribution in [2.75, 3.05) is 0 Å². The highest BCUT2D eigenvalue weighted by Gasteiger charge is 2.06. The first-order chi connectivity index (χ1) is 7.70. The molecule has 0 radical (unpaired) electrons. The van der Waals surface area contributed by atoms with Crippen LogP contribution in [0.4, 0.5) is 0 Å². The number of aryl methyl sites for hydroxylation is 1. The van der Waals surface area contributed by atoms with Crippen molar-refractivity contribution in [2.45, 2.75) is 10.1 Å². The third-order valence-corrected chi connectivity index (χ3v) is 3.29. The zero-order valence-corrected chi connectivity index (χ0v) is 9.96. The third kappa shape index (κ3) is 2.18. The molecule has 80 valence electrons. The van der Waals surface area contributed by atoms with E-state index in [1.54, 1.807) is 16.8 Å². The van der Waals surface area contributed by atoms with Gasteiger partial charge in [-0.1, -0.05) is 23.4 Å². The summed E-state index contributed by atoms with van der Waals surface area (Å²) in [6.45, 7) is 0. The molecule has 0 spiro atoms. The molecular formula is C10H7ClN4S. The highest BCUT2D eigenvalue weighted by molar-refractivity contribution is 7.99. The van der Waals surface area contributed by atoms with Gasteiger partial charge >= 0.3 is 0 Å². The van der Waals surface area contributed by atoms with E-state index in [4.69, 9.17) is 16.9 Å². The number of nitriles is 1. The SMILES string of the molecule is Cn1ncnc1Sc1ccc(C#N)c(Cl)c1. The number of hydrogen-bond donors (Lipinski definition) is 0. The lowest BCUT2D eigenvalue weighted by Crippen LogP contribution is -1.92. The fraction of sp³-hybridized carbons (Fsp3) is 0.100. The number of rotatable bonds is 2. The predicted octanol–water partition coefficient (Wildman–Crippen LogP) is 2.49. The minimum atomic E-state index is 0.453. The van der Waals surface area contributed by atoms with Crippen LogP contribution in [0.1, 0.15) is 5.56 Å². The van der Waals surface area contributed by atoms with Gasteiger partial charge in [-0.05, 0) is 18.2 Å². The Kier molecular flexibility index (Phi) is 3.13. The molecule has 0 N–H and O–H groups in total. The number of aromatic nitrogens is 3. The highest BCUT2D eigenvalue weighted by atomic mass is 35.5. The molecule has 0 amide bonds. The summed E-state index contributed by atoms with van der Waals surface area (Å²) in [4.78, 5) is 5.02. The highest BCUT2D eigenvalue weighted by Crippen LogP contribution is 2.28. The first-order valence-corrected chi connectivity index (χ1v) is 5.61. The van der Waals surface area contributed by atoms with Crippen LogP contribution >= 0.6 is 23.4 Å². The summed E-state index contributed by atoms with van der Waals surface area (Å²) in [5, 5.41) is 13.9. The van der Waals surface area contributed by atoms with Crippen molar-refractivity contribution < 1.29 is 0 Å². The maximum Gasteiger partial charge on any atom is 0.190 e. The van der Waals surface area contributed by atoms with Crippen molar-refractivity contribution in [3.05, 3.63) is 35.1 Å². The van der Waals surface area contributed by atoms with Crippen molar-refractivity contribution in [3.63, 3.8) is 0 Å². The molecule has 16 heavy (non-hydrogen) atoms. The quantitative estimate of drug-likeness (QED) is 0.822. The second-order valence-corrected chi connectivity index (χ2v) is 4.47. The number of hydrogen-bond acceptors (Lipinski definition) is 4. The van der Waals surface area contributed by atoms with Crippen molar-refractivity contribution in [2.24, 2.45) is 7.05 Å². The number of halogens is 1. The Bertz CT molecular complexity index is 558. The lowest BCUT2D eigenvalue weighted by atomic mass is 10.2. The Hall–Kier alpha value is -1.51. The first kappa shape index (κ1) is 11.0. The predicted molar refractivity (Wildman–Crippen MR) is 61.3 cm³/mol. The van der Waals surface area contributed by atoms with Gasteiger partial charge < -0.3 is 0 Å². The van der Waals surface area contributed by atoms with Crippen LogP contribution in [0.5, 0.6) is 0 Å². The molecule has 1 heterocycles. The Balaban J connectivity index is 2.27. The lowest BCUT2D eigenvalue weighted by molar-refractivity contribution is 0.685. The van der Waals surface area contributed by atoms with Crippen LogP contribution in [0, 0.1) is 11.3 Å². The standard InChI is InChI=1S/C10H7ClN4S/c1-15-10(13-6-14-15)16-8-3-2-7(5-12)9(11)4-8/h2-4,6H,1H3. The van der Waals surface area contributed by atoms with E-state index < -0.39 is 0 Å². The number of nitrogens with zero attached hydrogens (tertiary/aromatic N) is 4. The van der Waals surface area contributed by atoms with Gasteiger partial charge in [-0.3, -0.25) is 0 Å². The average Bonchev–Trinajstić information content (AvgIpc) is 2.65. The van der Waals surface area contributed by atoms with Crippen LogP contribution in [-0.4, -0.2) is 14.8 Å². The van der Waals surface area contributed by atoms with Gasteiger partial charge in [0.25, 0.3) is 0 Å². The second kappa shape index (κ2) is 4.56. The fourth-order valence-electron chi connectivity index (χ4n) is 1.13. The summed E-state index contributed by atoms with van der Waals surface area (Å²) in [5.74, 6) is 0. The van der Waals surface area contributed by atoms with E-state index in [1.807, 2.05) is 19.2 Å². The monoisotopic (exact) mass is 250 g/mol. The van der Waals surface area contributed by atoms with Crippen LogP contribution in [0.2, 0.25) is 5.02 Å². The maximum atomic E-state index is 8.74. The van der Waals surface area contributed by atoms with Crippen molar-refractivity contribution in [3.8, 4) is 6.07 Å². The van der Waals surface area contributed by atoms with Gasteiger partial charge in [0.05, 0.1) is 10.6 Å². The summed E-state index contributed by atoms with van der Waals surface area (Å²) in [7, 11) is 1.82. The van der Waals surface area contributed by atoms with Crippen LogP contribution in [-0.2, 0) is 7.05 Å². The molecule has 0 aliphatic rings. The van der Waals surface area contributed by atoms with Gasteiger partial charge in [0.1, 0.15) is 12.4 Å². The van der Waals surface area contributed by atoms with E-state index >= 15 is 0 Å². The molecular weight excluding hydrogens is 244 g/mol. The van der Waals surface area contributed by atoms with Gasteiger partial charge in [0, 0.05) is 11.9 Å². The van der Waals surface area contributed by atoms with Crippen molar-refractivity contribution in [1.29, 1.82) is 5.26 Å². The Morgan fingerprint density at radius 1 is 1.50 bits per heavy atom. The summed E-state index contributed by atoms with van der Waals surface area (Å²) in [6, 6.07) is 7.30. The Labute approximate surface area is 102 Å². The molecule has 0 saturated carbocycles. The van der Waals surface area contributed by atoms with Crippen LogP contribution in [0.15, 0.2) is 34.6 Å². The van der Waals surface area contributed by atoms with E-state index in [1.165, 1.54) is 18.1 Å². The summed E-state index contributed by atoms with van der Waals surface area (Å²) >= 11 is 7.38. The molecule has 0 aliphatic heterocycles. The average molecular weight is 251 g/mol. The van der Waals surface area contributed by atoms with Crippen molar-refractivity contribution in [1.82, 2.24) is 14.8 Å². The van der Waals surface area contributed by atoms with Crippen LogP contribution in [0.25, 0.3) is 0 Å². The molecule has 0 saturated heterocycles. The largest absolute Gasteiger partial charge is 0.244 e. The maximum absolute atomic E-state index is 8.74. The normalized spacial score (nSPS) is 10.1.